The van der Waals surface area contributed by atoms with E-state index in [-0.39, 0.29) is 29.0 Å². The molecular weight excluding hydrogens is 470 g/mol. The number of benzene rings is 1. The van der Waals surface area contributed by atoms with Crippen molar-refractivity contribution in [2.75, 3.05) is 27.3 Å². The highest BCUT2D eigenvalue weighted by atomic mass is 32.2. The maximum atomic E-state index is 13.5. The van der Waals surface area contributed by atoms with Gasteiger partial charge in [-0.3, -0.25) is 4.79 Å². The van der Waals surface area contributed by atoms with Crippen molar-refractivity contribution in [3.63, 3.8) is 0 Å². The van der Waals surface area contributed by atoms with E-state index in [2.05, 4.69) is 10.1 Å². The third-order valence-electron chi connectivity index (χ3n) is 7.17. The molecule has 1 aliphatic heterocycles. The summed E-state index contributed by atoms with van der Waals surface area (Å²) < 4.78 is 40.8. The number of hydrogen-bond donors (Lipinski definition) is 1. The highest BCUT2D eigenvalue weighted by Gasteiger charge is 2.33. The number of aromatic amines is 1. The molecule has 0 radical (unpaired) electrons. The van der Waals surface area contributed by atoms with Gasteiger partial charge < -0.3 is 14.5 Å². The van der Waals surface area contributed by atoms with Crippen molar-refractivity contribution >= 4 is 21.1 Å². The normalized spacial score (nSPS) is 20.2. The Bertz CT molecular complexity index is 1380. The molecule has 3 heterocycles. The molecule has 1 unspecified atom stereocenters. The molecule has 10 nitrogen and oxygen atoms in total. The van der Waals surface area contributed by atoms with Gasteiger partial charge in [0.25, 0.3) is 5.56 Å². The highest BCUT2D eigenvalue weighted by molar-refractivity contribution is 7.89. The summed E-state index contributed by atoms with van der Waals surface area (Å²) in [4.78, 5) is 20.7. The number of nitrogens with zero attached hydrogens (tertiary/aromatic N) is 4. The summed E-state index contributed by atoms with van der Waals surface area (Å²) >= 11 is 0. The van der Waals surface area contributed by atoms with Crippen molar-refractivity contribution in [3.8, 4) is 11.5 Å². The van der Waals surface area contributed by atoms with Crippen LogP contribution in [0.3, 0.4) is 0 Å². The Balaban J connectivity index is 1.44. The van der Waals surface area contributed by atoms with E-state index < -0.39 is 10.0 Å². The maximum Gasteiger partial charge on any atom is 0.262 e. The van der Waals surface area contributed by atoms with Crippen LogP contribution < -0.4 is 15.0 Å². The molecule has 1 aromatic carbocycles. The first-order valence-corrected chi connectivity index (χ1v) is 13.6. The summed E-state index contributed by atoms with van der Waals surface area (Å²) in [6.45, 7) is 0.641. The van der Waals surface area contributed by atoms with E-state index in [9.17, 15) is 13.2 Å². The molecule has 1 atom stereocenters. The van der Waals surface area contributed by atoms with Gasteiger partial charge >= 0.3 is 0 Å². The van der Waals surface area contributed by atoms with Gasteiger partial charge in [-0.25, -0.2) is 18.1 Å². The number of H-pyrrole nitrogens is 1. The van der Waals surface area contributed by atoms with Crippen LogP contribution in [-0.2, 0) is 10.0 Å². The third kappa shape index (κ3) is 4.42. The van der Waals surface area contributed by atoms with Crippen LogP contribution in [0.4, 0.5) is 0 Å². The van der Waals surface area contributed by atoms with E-state index in [1.165, 1.54) is 37.1 Å². The third-order valence-corrected chi connectivity index (χ3v) is 9.03. The van der Waals surface area contributed by atoms with E-state index in [0.717, 1.165) is 32.1 Å². The summed E-state index contributed by atoms with van der Waals surface area (Å²) in [7, 11) is -0.788. The van der Waals surface area contributed by atoms with Gasteiger partial charge in [0.1, 0.15) is 11.2 Å². The van der Waals surface area contributed by atoms with Gasteiger partial charge in [0, 0.05) is 25.1 Å². The van der Waals surface area contributed by atoms with Crippen LogP contribution in [0.2, 0.25) is 0 Å². The van der Waals surface area contributed by atoms with E-state index in [0.29, 0.717) is 41.3 Å². The fourth-order valence-corrected chi connectivity index (χ4v) is 6.79. The Morgan fingerprint density at radius 1 is 1.03 bits per heavy atom. The van der Waals surface area contributed by atoms with E-state index >= 15 is 0 Å². The first kappa shape index (κ1) is 23.8. The minimum Gasteiger partial charge on any atom is -0.493 e. The van der Waals surface area contributed by atoms with Crippen LogP contribution in [0.25, 0.3) is 11.0 Å². The zero-order chi connectivity index (χ0) is 24.6. The number of hydrogen-bond acceptors (Lipinski definition) is 7. The largest absolute Gasteiger partial charge is 0.493 e. The monoisotopic (exact) mass is 501 g/mol. The Labute approximate surface area is 204 Å². The Kier molecular flexibility index (Phi) is 6.54. The maximum absolute atomic E-state index is 13.5. The molecule has 2 fully saturated rings. The fraction of sp³-hybridized carbons (Fsp3) is 0.542. The highest BCUT2D eigenvalue weighted by Crippen LogP contribution is 2.34. The van der Waals surface area contributed by atoms with Crippen LogP contribution in [0.1, 0.15) is 62.7 Å². The van der Waals surface area contributed by atoms with E-state index in [4.69, 9.17) is 14.5 Å². The lowest BCUT2D eigenvalue weighted by Gasteiger charge is -2.31. The molecule has 1 saturated carbocycles. The smallest absolute Gasteiger partial charge is 0.262 e. The lowest BCUT2D eigenvalue weighted by Crippen LogP contribution is -2.39. The molecule has 35 heavy (non-hydrogen) atoms. The molecule has 5 rings (SSSR count). The molecule has 1 N–H and O–H groups in total. The predicted molar refractivity (Wildman–Crippen MR) is 131 cm³/mol. The molecule has 1 aliphatic carbocycles. The number of rotatable bonds is 6. The summed E-state index contributed by atoms with van der Waals surface area (Å²) in [6, 6.07) is 4.84. The van der Waals surface area contributed by atoms with Crippen molar-refractivity contribution in [3.05, 3.63) is 40.6 Å². The van der Waals surface area contributed by atoms with Crippen molar-refractivity contribution < 1.29 is 17.9 Å². The second kappa shape index (κ2) is 9.62. The molecule has 0 bridgehead atoms. The molecule has 2 aromatic heterocycles. The first-order chi connectivity index (χ1) is 16.9. The van der Waals surface area contributed by atoms with E-state index in [1.807, 2.05) is 4.68 Å². The Morgan fingerprint density at radius 3 is 2.54 bits per heavy atom. The molecular formula is C24H31N5O5S. The quantitative estimate of drug-likeness (QED) is 0.551. The number of ether oxygens (including phenoxy) is 2. The molecule has 1 saturated heterocycles. The molecule has 2 aliphatic rings. The molecule has 188 valence electrons. The van der Waals surface area contributed by atoms with Gasteiger partial charge in [-0.05, 0) is 37.8 Å². The Hall–Kier alpha value is -2.92. The van der Waals surface area contributed by atoms with Gasteiger partial charge in [-0.15, -0.1) is 0 Å². The number of fused-ring (bicyclic) bond motifs is 1. The Morgan fingerprint density at radius 2 is 1.80 bits per heavy atom. The summed E-state index contributed by atoms with van der Waals surface area (Å²) in [6.07, 6.45) is 8.57. The minimum absolute atomic E-state index is 0.142. The first-order valence-electron chi connectivity index (χ1n) is 12.1. The average Bonchev–Trinajstić information content (AvgIpc) is 3.33. The second-order valence-corrected chi connectivity index (χ2v) is 11.2. The summed E-state index contributed by atoms with van der Waals surface area (Å²) in [5.74, 6) is 1.12. The lowest BCUT2D eigenvalue weighted by atomic mass is 9.96. The van der Waals surface area contributed by atoms with Crippen LogP contribution in [0.15, 0.2) is 34.1 Å². The van der Waals surface area contributed by atoms with Gasteiger partial charge in [0.15, 0.2) is 17.1 Å². The SMILES string of the molecule is COc1ccc(S(=O)(=O)N2CCCC(c3nc4c(cnn4C4CCCCC4)c(=O)[nH]3)C2)cc1OC. The van der Waals surface area contributed by atoms with Gasteiger partial charge in [0.05, 0.1) is 31.4 Å². The molecule has 3 aromatic rings. The van der Waals surface area contributed by atoms with Gasteiger partial charge in [-0.1, -0.05) is 19.3 Å². The fourth-order valence-electron chi connectivity index (χ4n) is 5.25. The zero-order valence-corrected chi connectivity index (χ0v) is 20.9. The number of sulfonamides is 1. The van der Waals surface area contributed by atoms with E-state index in [1.54, 1.807) is 12.3 Å². The van der Waals surface area contributed by atoms with Crippen molar-refractivity contribution in [1.82, 2.24) is 24.1 Å². The average molecular weight is 502 g/mol. The van der Waals surface area contributed by atoms with Crippen LogP contribution in [0.5, 0.6) is 11.5 Å². The van der Waals surface area contributed by atoms with Gasteiger partial charge in [0.2, 0.25) is 10.0 Å². The zero-order valence-electron chi connectivity index (χ0n) is 20.1. The van der Waals surface area contributed by atoms with Crippen LogP contribution in [-0.4, -0.2) is 59.8 Å². The lowest BCUT2D eigenvalue weighted by molar-refractivity contribution is 0.308. The van der Waals surface area contributed by atoms with Gasteiger partial charge in [-0.2, -0.15) is 9.40 Å². The number of aromatic nitrogens is 4. The standard InChI is InChI=1S/C24H31N5O5S/c1-33-20-11-10-18(13-21(20)34-2)35(31,32)28-12-6-7-16(15-28)22-26-23-19(24(30)27-22)14-25-29(23)17-8-4-3-5-9-17/h10-11,13-14,16-17H,3-9,12,15H2,1-2H3,(H,26,27,30). The number of piperidine rings is 1. The van der Waals surface area contributed by atoms with Crippen LogP contribution in [0, 0.1) is 0 Å². The van der Waals surface area contributed by atoms with Crippen molar-refractivity contribution in [1.29, 1.82) is 0 Å². The summed E-state index contributed by atoms with van der Waals surface area (Å²) in [5.41, 5.74) is 0.363. The minimum atomic E-state index is -3.77. The van der Waals surface area contributed by atoms with Crippen molar-refractivity contribution in [2.24, 2.45) is 0 Å². The molecule has 0 amide bonds. The number of methoxy groups -OCH3 is 2. The predicted octanol–water partition coefficient (Wildman–Crippen LogP) is 3.21. The molecule has 0 spiro atoms. The number of nitrogens with one attached hydrogen (secondary N) is 1. The van der Waals surface area contributed by atoms with Crippen LogP contribution >= 0.6 is 0 Å². The topological polar surface area (TPSA) is 119 Å². The molecule has 11 heteroatoms. The summed E-state index contributed by atoms with van der Waals surface area (Å²) in [5, 5.41) is 4.97. The second-order valence-electron chi connectivity index (χ2n) is 9.29. The van der Waals surface area contributed by atoms with Crippen molar-refractivity contribution in [2.45, 2.75) is 61.8 Å².